The van der Waals surface area contributed by atoms with Crippen molar-refractivity contribution < 1.29 is 8.42 Å². The minimum Gasteiger partial charge on any atom is -0.275 e. The minimum absolute atomic E-state index is 0.231. The van der Waals surface area contributed by atoms with E-state index in [1.807, 2.05) is 24.4 Å². The van der Waals surface area contributed by atoms with Crippen molar-refractivity contribution in [3.8, 4) is 5.69 Å². The summed E-state index contributed by atoms with van der Waals surface area (Å²) >= 11 is 0. The number of nitrogens with zero attached hydrogens (tertiary/aromatic N) is 5. The van der Waals surface area contributed by atoms with Crippen LogP contribution in [-0.4, -0.2) is 34.2 Å². The van der Waals surface area contributed by atoms with Crippen LogP contribution in [0.1, 0.15) is 5.56 Å². The fourth-order valence-electron chi connectivity index (χ4n) is 2.33. The topological polar surface area (TPSA) is 73.0 Å². The number of sulfonamides is 1. The standard InChI is InChI=1S/C15H17N5O2S/c1-18-11-13(10-17-18)12-20(23(2,21)22)15-6-3-5-14(9-15)19-8-4-7-16-19/h3-11H,12H2,1-2H3. The Morgan fingerprint density at radius 3 is 2.65 bits per heavy atom. The first kappa shape index (κ1) is 15.3. The Balaban J connectivity index is 1.99. The van der Waals surface area contributed by atoms with Gasteiger partial charge in [0.1, 0.15) is 0 Å². The van der Waals surface area contributed by atoms with Gasteiger partial charge in [0.05, 0.1) is 30.4 Å². The summed E-state index contributed by atoms with van der Waals surface area (Å²) in [5.74, 6) is 0. The Hall–Kier alpha value is -2.61. The van der Waals surface area contributed by atoms with Crippen molar-refractivity contribution in [2.75, 3.05) is 10.6 Å². The van der Waals surface area contributed by atoms with E-state index in [0.717, 1.165) is 11.3 Å². The van der Waals surface area contributed by atoms with Crippen LogP contribution in [0.5, 0.6) is 0 Å². The van der Waals surface area contributed by atoms with Gasteiger partial charge in [-0.3, -0.25) is 8.99 Å². The Kier molecular flexibility index (Phi) is 3.91. The second-order valence-corrected chi connectivity index (χ2v) is 7.17. The van der Waals surface area contributed by atoms with E-state index >= 15 is 0 Å². The Morgan fingerprint density at radius 2 is 2.04 bits per heavy atom. The van der Waals surface area contributed by atoms with Crippen LogP contribution in [0.4, 0.5) is 5.69 Å². The largest absolute Gasteiger partial charge is 0.275 e. The van der Waals surface area contributed by atoms with Gasteiger partial charge in [0, 0.05) is 31.2 Å². The van der Waals surface area contributed by atoms with Crippen molar-refractivity contribution in [1.29, 1.82) is 0 Å². The lowest BCUT2D eigenvalue weighted by Gasteiger charge is -2.22. The Labute approximate surface area is 134 Å². The SMILES string of the molecule is Cn1cc(CN(c2cccc(-n3cccn3)c2)S(C)(=O)=O)cn1. The summed E-state index contributed by atoms with van der Waals surface area (Å²) < 4.78 is 29.1. The summed E-state index contributed by atoms with van der Waals surface area (Å²) in [4.78, 5) is 0. The molecule has 0 amide bonds. The Morgan fingerprint density at radius 1 is 1.22 bits per heavy atom. The quantitative estimate of drug-likeness (QED) is 0.711. The van der Waals surface area contributed by atoms with Crippen molar-refractivity contribution in [2.24, 2.45) is 7.05 Å². The predicted octanol–water partition coefficient (Wildman–Crippen LogP) is 1.57. The van der Waals surface area contributed by atoms with Crippen LogP contribution >= 0.6 is 0 Å². The number of hydrogen-bond acceptors (Lipinski definition) is 4. The zero-order chi connectivity index (χ0) is 16.4. The van der Waals surface area contributed by atoms with E-state index in [9.17, 15) is 8.42 Å². The molecule has 0 radical (unpaired) electrons. The van der Waals surface area contributed by atoms with Crippen LogP contribution in [-0.2, 0) is 23.6 Å². The molecule has 0 saturated heterocycles. The highest BCUT2D eigenvalue weighted by molar-refractivity contribution is 7.92. The number of aryl methyl sites for hydroxylation is 1. The van der Waals surface area contributed by atoms with E-state index in [2.05, 4.69) is 10.2 Å². The third kappa shape index (κ3) is 3.42. The molecule has 120 valence electrons. The fourth-order valence-corrected chi connectivity index (χ4v) is 3.21. The van der Waals surface area contributed by atoms with Crippen molar-refractivity contribution >= 4 is 15.7 Å². The summed E-state index contributed by atoms with van der Waals surface area (Å²) in [5.41, 5.74) is 2.21. The minimum atomic E-state index is -3.43. The maximum atomic E-state index is 12.2. The van der Waals surface area contributed by atoms with Gasteiger partial charge in [-0.15, -0.1) is 0 Å². The molecule has 1 aromatic carbocycles. The molecule has 0 spiro atoms. The van der Waals surface area contributed by atoms with Crippen LogP contribution in [0.15, 0.2) is 55.1 Å². The van der Waals surface area contributed by atoms with Gasteiger partial charge in [0.2, 0.25) is 10.0 Å². The highest BCUT2D eigenvalue weighted by Gasteiger charge is 2.19. The second kappa shape index (κ2) is 5.88. The zero-order valence-electron chi connectivity index (χ0n) is 12.9. The molecule has 0 atom stereocenters. The van der Waals surface area contributed by atoms with Crippen LogP contribution in [0.3, 0.4) is 0 Å². The molecule has 2 heterocycles. The molecule has 0 bridgehead atoms. The number of aromatic nitrogens is 4. The normalized spacial score (nSPS) is 11.6. The molecule has 0 aliphatic carbocycles. The van der Waals surface area contributed by atoms with E-state index in [-0.39, 0.29) is 6.54 Å². The molecule has 3 rings (SSSR count). The lowest BCUT2D eigenvalue weighted by atomic mass is 10.2. The van der Waals surface area contributed by atoms with E-state index in [1.54, 1.807) is 47.1 Å². The number of hydrogen-bond donors (Lipinski definition) is 0. The van der Waals surface area contributed by atoms with Crippen molar-refractivity contribution in [2.45, 2.75) is 6.54 Å². The van der Waals surface area contributed by atoms with Crippen LogP contribution in [0, 0.1) is 0 Å². The molecule has 7 nitrogen and oxygen atoms in total. The Bertz CT molecular complexity index is 900. The first-order chi connectivity index (χ1) is 10.9. The lowest BCUT2D eigenvalue weighted by molar-refractivity contribution is 0.596. The highest BCUT2D eigenvalue weighted by atomic mass is 32.2. The maximum absolute atomic E-state index is 12.2. The van der Waals surface area contributed by atoms with Gasteiger partial charge in [-0.1, -0.05) is 6.07 Å². The molecular formula is C15H17N5O2S. The molecule has 2 aromatic heterocycles. The molecular weight excluding hydrogens is 314 g/mol. The zero-order valence-corrected chi connectivity index (χ0v) is 13.7. The van der Waals surface area contributed by atoms with Crippen molar-refractivity contribution in [3.05, 3.63) is 60.7 Å². The smallest absolute Gasteiger partial charge is 0.232 e. The van der Waals surface area contributed by atoms with Crippen LogP contribution in [0.2, 0.25) is 0 Å². The monoisotopic (exact) mass is 331 g/mol. The molecule has 3 aromatic rings. The van der Waals surface area contributed by atoms with Crippen molar-refractivity contribution in [3.63, 3.8) is 0 Å². The van der Waals surface area contributed by atoms with Crippen LogP contribution in [0.25, 0.3) is 5.69 Å². The van der Waals surface area contributed by atoms with Gasteiger partial charge in [0.25, 0.3) is 0 Å². The molecule has 0 aliphatic rings. The first-order valence-corrected chi connectivity index (χ1v) is 8.83. The van der Waals surface area contributed by atoms with E-state index in [4.69, 9.17) is 0 Å². The van der Waals surface area contributed by atoms with Gasteiger partial charge < -0.3 is 0 Å². The average molecular weight is 331 g/mol. The van der Waals surface area contributed by atoms with Gasteiger partial charge in [-0.25, -0.2) is 13.1 Å². The molecule has 8 heteroatoms. The predicted molar refractivity (Wildman–Crippen MR) is 87.8 cm³/mol. The lowest BCUT2D eigenvalue weighted by Crippen LogP contribution is -2.29. The summed E-state index contributed by atoms with van der Waals surface area (Å²) in [7, 11) is -1.63. The average Bonchev–Trinajstić information content (AvgIpc) is 3.15. The third-order valence-electron chi connectivity index (χ3n) is 3.37. The first-order valence-electron chi connectivity index (χ1n) is 6.99. The molecule has 0 fully saturated rings. The van der Waals surface area contributed by atoms with Gasteiger partial charge >= 0.3 is 0 Å². The number of benzene rings is 1. The van der Waals surface area contributed by atoms with Gasteiger partial charge in [-0.2, -0.15) is 10.2 Å². The second-order valence-electron chi connectivity index (χ2n) is 5.26. The van der Waals surface area contributed by atoms with E-state index in [1.165, 1.54) is 10.6 Å². The van der Waals surface area contributed by atoms with E-state index < -0.39 is 10.0 Å². The molecule has 23 heavy (non-hydrogen) atoms. The molecule has 0 N–H and O–H groups in total. The van der Waals surface area contributed by atoms with Crippen molar-refractivity contribution in [1.82, 2.24) is 19.6 Å². The van der Waals surface area contributed by atoms with Gasteiger partial charge in [-0.05, 0) is 24.3 Å². The summed E-state index contributed by atoms with van der Waals surface area (Å²) in [6, 6.07) is 9.07. The van der Waals surface area contributed by atoms with Gasteiger partial charge in [0.15, 0.2) is 0 Å². The number of anilines is 1. The fraction of sp³-hybridized carbons (Fsp3) is 0.200. The summed E-state index contributed by atoms with van der Waals surface area (Å²) in [5, 5.41) is 8.26. The van der Waals surface area contributed by atoms with Crippen LogP contribution < -0.4 is 4.31 Å². The third-order valence-corrected chi connectivity index (χ3v) is 4.51. The highest BCUT2D eigenvalue weighted by Crippen LogP contribution is 2.23. The summed E-state index contributed by atoms with van der Waals surface area (Å²) in [6.45, 7) is 0.231. The molecule has 0 saturated carbocycles. The number of rotatable bonds is 5. The maximum Gasteiger partial charge on any atom is 0.232 e. The molecule has 0 unspecified atom stereocenters. The molecule has 0 aliphatic heterocycles. The van der Waals surface area contributed by atoms with E-state index in [0.29, 0.717) is 5.69 Å². The summed E-state index contributed by atoms with van der Waals surface area (Å²) in [6.07, 6.45) is 8.15.